The van der Waals surface area contributed by atoms with Crippen molar-refractivity contribution in [1.82, 2.24) is 20.4 Å². The molecular formula is C31H46N4O5. The van der Waals surface area contributed by atoms with Crippen molar-refractivity contribution in [2.24, 2.45) is 5.92 Å². The number of amides is 3. The third kappa shape index (κ3) is 6.86. The highest BCUT2D eigenvalue weighted by molar-refractivity contribution is 6.00. The number of piperidine rings is 1. The second-order valence-electron chi connectivity index (χ2n) is 11.4. The molecule has 3 aliphatic rings. The van der Waals surface area contributed by atoms with E-state index in [9.17, 15) is 19.5 Å². The average molecular weight is 555 g/mol. The molecule has 3 amide bonds. The summed E-state index contributed by atoms with van der Waals surface area (Å²) in [6, 6.07) is 6.27. The first-order valence-electron chi connectivity index (χ1n) is 15.0. The zero-order chi connectivity index (χ0) is 28.5. The van der Waals surface area contributed by atoms with E-state index in [0.717, 1.165) is 63.9 Å². The smallest absolute Gasteiger partial charge is 0.251 e. The number of likely N-dealkylation sites (tertiary alicyclic amines) is 1. The second kappa shape index (κ2) is 14.1. The lowest BCUT2D eigenvalue weighted by Crippen LogP contribution is -2.75. The van der Waals surface area contributed by atoms with Crippen LogP contribution in [0.15, 0.2) is 36.4 Å². The monoisotopic (exact) mass is 554 g/mol. The normalized spacial score (nSPS) is 22.9. The first-order chi connectivity index (χ1) is 19.4. The van der Waals surface area contributed by atoms with Gasteiger partial charge in [-0.25, -0.2) is 0 Å². The first kappa shape index (κ1) is 30.1. The van der Waals surface area contributed by atoms with Gasteiger partial charge in [0.25, 0.3) is 5.91 Å². The maximum Gasteiger partial charge on any atom is 0.251 e. The zero-order valence-corrected chi connectivity index (χ0v) is 24.1. The molecule has 0 aromatic heterocycles. The molecular weight excluding hydrogens is 508 g/mol. The standard InChI is InChI=1S/C31H46N4O5/c1-3-4-19-35-29(38)26(27(36)23-10-6-5-7-11-23)33-30(39)31(35)16-20-34(21-17-31)18-8-9-22-40-25-14-12-24(13-15-25)28(37)32-2/h3-4,12-15,23,26-27,36H,5-11,16-22H2,1-2H3,(H,32,37)(H,33,39)/b4-3+/t26-,27?/m1/s1. The molecule has 2 aliphatic heterocycles. The van der Waals surface area contributed by atoms with Gasteiger partial charge in [-0.15, -0.1) is 0 Å². The van der Waals surface area contributed by atoms with Crippen LogP contribution in [0.25, 0.3) is 0 Å². The first-order valence-corrected chi connectivity index (χ1v) is 15.0. The van der Waals surface area contributed by atoms with Gasteiger partial charge in [-0.2, -0.15) is 0 Å². The molecule has 1 aliphatic carbocycles. The molecule has 2 heterocycles. The van der Waals surface area contributed by atoms with E-state index in [-0.39, 0.29) is 23.6 Å². The number of hydrogen-bond donors (Lipinski definition) is 3. The number of nitrogens with zero attached hydrogens (tertiary/aromatic N) is 2. The molecule has 3 N–H and O–H groups in total. The van der Waals surface area contributed by atoms with Crippen LogP contribution in [0, 0.1) is 5.92 Å². The predicted octanol–water partition coefficient (Wildman–Crippen LogP) is 2.88. The lowest BCUT2D eigenvalue weighted by atomic mass is 9.78. The molecule has 9 nitrogen and oxygen atoms in total. The SMILES string of the molecule is C/C=C/CN1C(=O)[C@@H](C(O)C2CCCCC2)NC(=O)C12CCN(CCCCOc1ccc(C(=O)NC)cc1)CC2. The minimum atomic E-state index is -0.861. The highest BCUT2D eigenvalue weighted by Gasteiger charge is 2.55. The quantitative estimate of drug-likeness (QED) is 0.287. The van der Waals surface area contributed by atoms with Gasteiger partial charge < -0.3 is 30.3 Å². The number of allylic oxidation sites excluding steroid dienone is 1. The average Bonchev–Trinajstić information content (AvgIpc) is 2.99. The molecule has 1 aromatic rings. The molecule has 1 aromatic carbocycles. The Kier molecular flexibility index (Phi) is 10.6. The summed E-state index contributed by atoms with van der Waals surface area (Å²) in [7, 11) is 1.61. The van der Waals surface area contributed by atoms with Crippen LogP contribution >= 0.6 is 0 Å². The minimum Gasteiger partial charge on any atom is -0.494 e. The summed E-state index contributed by atoms with van der Waals surface area (Å²) >= 11 is 0. The lowest BCUT2D eigenvalue weighted by molar-refractivity contribution is -0.164. The molecule has 0 radical (unpaired) electrons. The predicted molar refractivity (Wildman–Crippen MR) is 154 cm³/mol. The van der Waals surface area contributed by atoms with Gasteiger partial charge >= 0.3 is 0 Å². The van der Waals surface area contributed by atoms with E-state index in [0.29, 0.717) is 31.6 Å². The Morgan fingerprint density at radius 1 is 1.15 bits per heavy atom. The summed E-state index contributed by atoms with van der Waals surface area (Å²) in [5, 5.41) is 16.7. The summed E-state index contributed by atoms with van der Waals surface area (Å²) in [4.78, 5) is 43.1. The third-order valence-corrected chi connectivity index (χ3v) is 8.92. The molecule has 0 bridgehead atoms. The van der Waals surface area contributed by atoms with Crippen molar-refractivity contribution in [2.75, 3.05) is 39.8 Å². The molecule has 9 heteroatoms. The van der Waals surface area contributed by atoms with Gasteiger partial charge in [0.2, 0.25) is 11.8 Å². The van der Waals surface area contributed by atoms with Crippen molar-refractivity contribution in [3.63, 3.8) is 0 Å². The van der Waals surface area contributed by atoms with Crippen molar-refractivity contribution >= 4 is 17.7 Å². The Balaban J connectivity index is 1.27. The molecule has 1 unspecified atom stereocenters. The third-order valence-electron chi connectivity index (χ3n) is 8.92. The van der Waals surface area contributed by atoms with Crippen molar-refractivity contribution < 1.29 is 24.2 Å². The van der Waals surface area contributed by atoms with Gasteiger partial charge in [-0.05, 0) is 82.2 Å². The summed E-state index contributed by atoms with van der Waals surface area (Å²) in [5.74, 6) is 0.422. The van der Waals surface area contributed by atoms with Crippen LogP contribution in [0.4, 0.5) is 0 Å². The lowest BCUT2D eigenvalue weighted by Gasteiger charge is -2.52. The fourth-order valence-electron chi connectivity index (χ4n) is 6.41. The molecule has 1 spiro atoms. The van der Waals surface area contributed by atoms with E-state index < -0.39 is 17.7 Å². The number of aliphatic hydroxyl groups excluding tert-OH is 1. The summed E-state index contributed by atoms with van der Waals surface area (Å²) < 4.78 is 5.83. The molecule has 4 rings (SSSR count). The molecule has 1 saturated carbocycles. The largest absolute Gasteiger partial charge is 0.494 e. The summed E-state index contributed by atoms with van der Waals surface area (Å²) in [6.45, 7) is 5.29. The Hall–Kier alpha value is -2.91. The van der Waals surface area contributed by atoms with Crippen LogP contribution in [-0.2, 0) is 9.59 Å². The van der Waals surface area contributed by atoms with Crippen molar-refractivity contribution in [3.05, 3.63) is 42.0 Å². The number of carbonyl (C=O) groups is 3. The van der Waals surface area contributed by atoms with Gasteiger partial charge in [0.15, 0.2) is 0 Å². The van der Waals surface area contributed by atoms with Crippen LogP contribution in [0.1, 0.15) is 75.1 Å². The van der Waals surface area contributed by atoms with E-state index >= 15 is 0 Å². The number of unbranched alkanes of at least 4 members (excludes halogenated alkanes) is 1. The summed E-state index contributed by atoms with van der Waals surface area (Å²) in [5.41, 5.74) is -0.258. The molecule has 3 fully saturated rings. The maximum absolute atomic E-state index is 13.7. The van der Waals surface area contributed by atoms with Crippen LogP contribution in [0.2, 0.25) is 0 Å². The number of rotatable bonds is 11. The van der Waals surface area contributed by atoms with Crippen molar-refractivity contribution in [3.8, 4) is 5.75 Å². The van der Waals surface area contributed by atoms with E-state index in [1.807, 2.05) is 31.2 Å². The summed E-state index contributed by atoms with van der Waals surface area (Å²) in [6.07, 6.45) is 11.2. The Bertz CT molecular complexity index is 1030. The molecule has 40 heavy (non-hydrogen) atoms. The van der Waals surface area contributed by atoms with Gasteiger partial charge in [0.1, 0.15) is 17.3 Å². The van der Waals surface area contributed by atoms with E-state index in [4.69, 9.17) is 4.74 Å². The number of piperazine rings is 1. The number of nitrogens with one attached hydrogen (secondary N) is 2. The van der Waals surface area contributed by atoms with E-state index in [1.54, 1.807) is 24.1 Å². The molecule has 2 saturated heterocycles. The topological polar surface area (TPSA) is 111 Å². The van der Waals surface area contributed by atoms with Crippen molar-refractivity contribution in [1.29, 1.82) is 0 Å². The Morgan fingerprint density at radius 2 is 1.85 bits per heavy atom. The van der Waals surface area contributed by atoms with Gasteiger partial charge in [0, 0.05) is 32.2 Å². The fraction of sp³-hybridized carbons (Fsp3) is 0.645. The minimum absolute atomic E-state index is 0.0633. The van der Waals surface area contributed by atoms with Gasteiger partial charge in [-0.1, -0.05) is 31.4 Å². The molecule has 2 atom stereocenters. The van der Waals surface area contributed by atoms with Crippen LogP contribution < -0.4 is 15.4 Å². The fourth-order valence-corrected chi connectivity index (χ4v) is 6.41. The van der Waals surface area contributed by atoms with Crippen LogP contribution in [0.5, 0.6) is 5.75 Å². The van der Waals surface area contributed by atoms with Crippen molar-refractivity contribution in [2.45, 2.75) is 82.4 Å². The maximum atomic E-state index is 13.7. The highest BCUT2D eigenvalue weighted by atomic mass is 16.5. The van der Waals surface area contributed by atoms with E-state index in [1.165, 1.54) is 6.42 Å². The highest BCUT2D eigenvalue weighted by Crippen LogP contribution is 2.36. The number of aliphatic hydroxyl groups is 1. The number of hydrogen-bond acceptors (Lipinski definition) is 6. The van der Waals surface area contributed by atoms with Gasteiger partial charge in [0.05, 0.1) is 12.7 Å². The number of carbonyl (C=O) groups excluding carboxylic acids is 3. The Labute approximate surface area is 238 Å². The van der Waals surface area contributed by atoms with E-state index in [2.05, 4.69) is 15.5 Å². The molecule has 220 valence electrons. The van der Waals surface area contributed by atoms with Gasteiger partial charge in [-0.3, -0.25) is 14.4 Å². The Morgan fingerprint density at radius 3 is 2.50 bits per heavy atom. The zero-order valence-electron chi connectivity index (χ0n) is 24.1. The number of benzene rings is 1. The number of ether oxygens (including phenoxy) is 1. The second-order valence-corrected chi connectivity index (χ2v) is 11.4. The van der Waals surface area contributed by atoms with Crippen LogP contribution in [-0.4, -0.2) is 90.1 Å². The van der Waals surface area contributed by atoms with Crippen LogP contribution in [0.3, 0.4) is 0 Å².